The van der Waals surface area contributed by atoms with Gasteiger partial charge in [0.15, 0.2) is 0 Å². The van der Waals surface area contributed by atoms with Crippen LogP contribution < -0.4 is 16.2 Å². The average molecular weight is 412 g/mol. The Morgan fingerprint density at radius 2 is 2.00 bits per heavy atom. The van der Waals surface area contributed by atoms with E-state index < -0.39 is 11.9 Å². The molecular weight excluding hydrogens is 388 g/mol. The number of aliphatic hydroxyl groups is 1. The Balaban J connectivity index is 1.41. The number of nitrogens with zero attached hydrogens (tertiary/aromatic N) is 3. The van der Waals surface area contributed by atoms with E-state index in [0.29, 0.717) is 44.0 Å². The molecule has 4 aliphatic heterocycles. The van der Waals surface area contributed by atoms with Crippen LogP contribution in [-0.4, -0.2) is 77.4 Å². The number of benzene rings is 1. The molecule has 1 aromatic rings. The molecular formula is C20H24N6O4. The Morgan fingerprint density at radius 3 is 2.77 bits per heavy atom. The number of amides is 2. The zero-order chi connectivity index (χ0) is 20.7. The monoisotopic (exact) mass is 412 g/mol. The molecule has 10 nitrogen and oxygen atoms in total. The molecule has 0 radical (unpaired) electrons. The lowest BCUT2D eigenvalue weighted by Crippen LogP contribution is -2.67. The molecule has 2 saturated heterocycles. The van der Waals surface area contributed by atoms with Crippen molar-refractivity contribution in [2.75, 3.05) is 32.8 Å². The molecule has 2 fully saturated rings. The minimum atomic E-state index is -1.42. The van der Waals surface area contributed by atoms with Gasteiger partial charge < -0.3 is 14.7 Å². The van der Waals surface area contributed by atoms with E-state index in [1.54, 1.807) is 24.3 Å². The van der Waals surface area contributed by atoms with Crippen LogP contribution >= 0.6 is 0 Å². The van der Waals surface area contributed by atoms with Crippen molar-refractivity contribution in [1.29, 1.82) is 0 Å². The number of morpholine rings is 1. The Kier molecular flexibility index (Phi) is 4.69. The number of aliphatic imine (C=N–C) groups is 1. The number of guanidine groups is 1. The normalized spacial score (nSPS) is 28.6. The molecule has 0 spiro atoms. The van der Waals surface area contributed by atoms with Gasteiger partial charge in [0, 0.05) is 30.9 Å². The predicted molar refractivity (Wildman–Crippen MR) is 107 cm³/mol. The molecule has 2 unspecified atom stereocenters. The van der Waals surface area contributed by atoms with Gasteiger partial charge in [0.2, 0.25) is 11.8 Å². The van der Waals surface area contributed by atoms with E-state index in [-0.39, 0.29) is 17.8 Å². The van der Waals surface area contributed by atoms with Gasteiger partial charge >= 0.3 is 0 Å². The van der Waals surface area contributed by atoms with Crippen molar-refractivity contribution >= 4 is 17.8 Å². The van der Waals surface area contributed by atoms with Crippen molar-refractivity contribution in [2.45, 2.75) is 24.7 Å². The quantitative estimate of drug-likeness (QED) is 0.466. The molecule has 1 aromatic carbocycles. The van der Waals surface area contributed by atoms with E-state index in [1.165, 1.54) is 0 Å². The maximum atomic E-state index is 12.9. The molecule has 2 atom stereocenters. The number of hydrogen-bond acceptors (Lipinski definition) is 8. The zero-order valence-electron chi connectivity index (χ0n) is 16.4. The Bertz CT molecular complexity index is 926. The Hall–Kier alpha value is -2.95. The third-order valence-electron chi connectivity index (χ3n) is 6.01. The average Bonchev–Trinajstić information content (AvgIpc) is 3.35. The Labute approximate surface area is 173 Å². The summed E-state index contributed by atoms with van der Waals surface area (Å²) in [6.07, 6.45) is 1.61. The summed E-state index contributed by atoms with van der Waals surface area (Å²) in [5, 5.41) is 14.5. The van der Waals surface area contributed by atoms with E-state index in [9.17, 15) is 14.7 Å². The second-order valence-corrected chi connectivity index (χ2v) is 7.68. The molecule has 4 N–H and O–H groups in total. The smallest absolute Gasteiger partial charge is 0.269 e. The van der Waals surface area contributed by atoms with Crippen LogP contribution in [0.5, 0.6) is 0 Å². The van der Waals surface area contributed by atoms with Crippen molar-refractivity contribution in [3.05, 3.63) is 47.2 Å². The second-order valence-electron chi connectivity index (χ2n) is 7.68. The van der Waals surface area contributed by atoms with Gasteiger partial charge in [-0.05, 0) is 25.0 Å². The summed E-state index contributed by atoms with van der Waals surface area (Å²) in [6, 6.07) is 7.95. The van der Waals surface area contributed by atoms with Crippen molar-refractivity contribution in [2.24, 2.45) is 4.99 Å². The molecule has 0 aliphatic carbocycles. The van der Waals surface area contributed by atoms with E-state index in [4.69, 9.17) is 4.74 Å². The first-order valence-corrected chi connectivity index (χ1v) is 10.2. The fraction of sp³-hybridized carbons (Fsp3) is 0.450. The van der Waals surface area contributed by atoms with Gasteiger partial charge in [0.05, 0.1) is 18.8 Å². The maximum Gasteiger partial charge on any atom is 0.269 e. The van der Waals surface area contributed by atoms with Crippen molar-refractivity contribution in [3.8, 4) is 0 Å². The van der Waals surface area contributed by atoms with Crippen LogP contribution in [0.4, 0.5) is 0 Å². The molecule has 4 aliphatic rings. The lowest BCUT2D eigenvalue weighted by atomic mass is 10.00. The third-order valence-corrected chi connectivity index (χ3v) is 6.01. The lowest BCUT2D eigenvalue weighted by molar-refractivity contribution is -0.214. The first-order chi connectivity index (χ1) is 14.6. The summed E-state index contributed by atoms with van der Waals surface area (Å²) in [5.41, 5.74) is 7.06. The van der Waals surface area contributed by atoms with Gasteiger partial charge in [-0.15, -0.1) is 0 Å². The summed E-state index contributed by atoms with van der Waals surface area (Å²) in [7, 11) is 0. The number of rotatable bonds is 2. The number of ether oxygens (including phenoxy) is 1. The largest absolute Gasteiger partial charge is 0.379 e. The molecule has 0 aromatic heterocycles. The van der Waals surface area contributed by atoms with Crippen LogP contribution in [0.3, 0.4) is 0 Å². The highest BCUT2D eigenvalue weighted by atomic mass is 16.5. The minimum Gasteiger partial charge on any atom is -0.379 e. The number of nitrogens with one attached hydrogen (secondary N) is 3. The van der Waals surface area contributed by atoms with Crippen LogP contribution in [0.25, 0.3) is 0 Å². The number of carbonyl (C=O) groups is 2. The molecule has 5 rings (SSSR count). The first kappa shape index (κ1) is 19.0. The van der Waals surface area contributed by atoms with E-state index in [2.05, 4.69) is 21.2 Å². The van der Waals surface area contributed by atoms with E-state index in [1.807, 2.05) is 15.9 Å². The highest BCUT2D eigenvalue weighted by Crippen LogP contribution is 2.46. The standard InChI is InChI=1S/C20H24N6O4/c27-17(13-5-2-1-3-6-13)23-24-19-21-16-15(18(28)22-19)14-7-4-8-26(14)20(16,29)25-9-11-30-12-10-25/h1-3,5-6,16,29H,4,7-12H2,(H,23,27)(H2,21,22,24,28). The highest BCUT2D eigenvalue weighted by molar-refractivity contribution is 6.10. The molecule has 10 heteroatoms. The maximum absolute atomic E-state index is 12.9. The molecule has 0 saturated carbocycles. The lowest BCUT2D eigenvalue weighted by Gasteiger charge is -2.47. The minimum absolute atomic E-state index is 0.103. The van der Waals surface area contributed by atoms with Crippen molar-refractivity contribution < 1.29 is 19.4 Å². The van der Waals surface area contributed by atoms with Gasteiger partial charge in [-0.25, -0.2) is 4.99 Å². The van der Waals surface area contributed by atoms with Gasteiger partial charge in [-0.1, -0.05) is 18.2 Å². The zero-order valence-corrected chi connectivity index (χ0v) is 16.4. The fourth-order valence-corrected chi connectivity index (χ4v) is 4.64. The fourth-order valence-electron chi connectivity index (χ4n) is 4.64. The van der Waals surface area contributed by atoms with Gasteiger partial charge in [-0.2, -0.15) is 0 Å². The molecule has 158 valence electrons. The number of hydrogen-bond donors (Lipinski definition) is 4. The topological polar surface area (TPSA) is 119 Å². The van der Waals surface area contributed by atoms with Crippen LogP contribution in [-0.2, 0) is 9.53 Å². The second kappa shape index (κ2) is 7.38. The Morgan fingerprint density at radius 1 is 1.23 bits per heavy atom. The molecule has 30 heavy (non-hydrogen) atoms. The van der Waals surface area contributed by atoms with Gasteiger partial charge in [0.1, 0.15) is 6.04 Å². The molecule has 0 bridgehead atoms. The van der Waals surface area contributed by atoms with Crippen LogP contribution in [0.1, 0.15) is 23.2 Å². The number of allylic oxidation sites excluding steroid dienone is 1. The van der Waals surface area contributed by atoms with Crippen molar-refractivity contribution in [1.82, 2.24) is 26.0 Å². The predicted octanol–water partition coefficient (Wildman–Crippen LogP) is -0.883. The molecule has 2 amide bonds. The summed E-state index contributed by atoms with van der Waals surface area (Å²) >= 11 is 0. The summed E-state index contributed by atoms with van der Waals surface area (Å²) in [5.74, 6) is -1.98. The summed E-state index contributed by atoms with van der Waals surface area (Å²) in [6.45, 7) is 2.80. The SMILES string of the molecule is O=C1NC(NNC(=O)c2ccccc2)=NC2C1=C1CCCN1C2(O)N1CCOCC1. The van der Waals surface area contributed by atoms with Crippen LogP contribution in [0.15, 0.2) is 46.6 Å². The first-order valence-electron chi connectivity index (χ1n) is 10.2. The van der Waals surface area contributed by atoms with E-state index in [0.717, 1.165) is 18.5 Å². The van der Waals surface area contributed by atoms with Gasteiger partial charge in [-0.3, -0.25) is 30.7 Å². The molecule has 4 heterocycles. The van der Waals surface area contributed by atoms with E-state index >= 15 is 0 Å². The highest BCUT2D eigenvalue weighted by Gasteiger charge is 2.60. The van der Waals surface area contributed by atoms with Crippen molar-refractivity contribution in [3.63, 3.8) is 0 Å². The number of hydrazine groups is 1. The number of carbonyl (C=O) groups excluding carboxylic acids is 2. The summed E-state index contributed by atoms with van der Waals surface area (Å²) < 4.78 is 5.44. The van der Waals surface area contributed by atoms with Gasteiger partial charge in [0.25, 0.3) is 11.8 Å². The summed E-state index contributed by atoms with van der Waals surface area (Å²) in [4.78, 5) is 33.7. The van der Waals surface area contributed by atoms with Crippen LogP contribution in [0.2, 0.25) is 0 Å². The number of fused-ring (bicyclic) bond motifs is 2. The van der Waals surface area contributed by atoms with Crippen LogP contribution in [0, 0.1) is 0 Å². The third kappa shape index (κ3) is 2.95.